The lowest BCUT2D eigenvalue weighted by Gasteiger charge is -2.36. The van der Waals surface area contributed by atoms with Gasteiger partial charge in [-0.1, -0.05) is 0 Å². The van der Waals surface area contributed by atoms with Gasteiger partial charge >= 0.3 is 0 Å². The molecule has 1 amide bonds. The minimum Gasteiger partial charge on any atom is -0.497 e. The third kappa shape index (κ3) is 8.14. The lowest BCUT2D eigenvalue weighted by Crippen LogP contribution is -2.45. The average molecular weight is 553 g/mol. The molecule has 1 saturated heterocycles. The van der Waals surface area contributed by atoms with Gasteiger partial charge in [0.2, 0.25) is 15.9 Å². The molecule has 0 atom stereocenters. The number of sulfonamides is 1. The molecule has 1 aliphatic heterocycles. The first-order chi connectivity index (χ1) is 18.0. The fraction of sp³-hybridized carbons (Fsp3) is 0.750. The zero-order valence-electron chi connectivity index (χ0n) is 24.2. The number of rotatable bonds is 12. The Labute approximate surface area is 230 Å². The first kappa shape index (κ1) is 30.8. The molecule has 3 rings (SSSR count). The van der Waals surface area contributed by atoms with Gasteiger partial charge in [0.1, 0.15) is 12.4 Å². The summed E-state index contributed by atoms with van der Waals surface area (Å²) in [6.45, 7) is 9.68. The molecule has 0 aromatic heterocycles. The number of benzene rings is 1. The van der Waals surface area contributed by atoms with Crippen LogP contribution in [0.3, 0.4) is 0 Å². The molecule has 1 saturated carbocycles. The Morgan fingerprint density at radius 1 is 1.03 bits per heavy atom. The van der Waals surface area contributed by atoms with E-state index in [-0.39, 0.29) is 36.6 Å². The number of amides is 1. The van der Waals surface area contributed by atoms with Crippen LogP contribution in [0.15, 0.2) is 17.0 Å². The summed E-state index contributed by atoms with van der Waals surface area (Å²) in [6.07, 6.45) is 5.67. The summed E-state index contributed by atoms with van der Waals surface area (Å²) in [5.74, 6) is 1.34. The lowest BCUT2D eigenvalue weighted by atomic mass is 9.83. The van der Waals surface area contributed by atoms with Crippen LogP contribution in [0.1, 0.15) is 43.2 Å². The molecular weight excluding hydrogens is 504 g/mol. The molecule has 0 radical (unpaired) electrons. The zero-order valence-corrected chi connectivity index (χ0v) is 25.1. The van der Waals surface area contributed by atoms with Crippen molar-refractivity contribution in [1.29, 1.82) is 0 Å². The maximum absolute atomic E-state index is 13.1. The second kappa shape index (κ2) is 14.1. The first-order valence-electron chi connectivity index (χ1n) is 13.9. The topological polar surface area (TPSA) is 82.6 Å². The Balaban J connectivity index is 1.37. The first-order valence-corrected chi connectivity index (χ1v) is 15.3. The van der Waals surface area contributed by atoms with Crippen molar-refractivity contribution in [2.24, 2.45) is 5.92 Å². The summed E-state index contributed by atoms with van der Waals surface area (Å²) in [5.41, 5.74) is 1.28. The van der Waals surface area contributed by atoms with Crippen LogP contribution in [0.4, 0.5) is 0 Å². The van der Waals surface area contributed by atoms with E-state index in [0.717, 1.165) is 31.8 Å². The monoisotopic (exact) mass is 552 g/mol. The number of carbonyl (C=O) groups is 1. The van der Waals surface area contributed by atoms with Crippen LogP contribution in [0.2, 0.25) is 0 Å². The Bertz CT molecular complexity index is 995. The van der Waals surface area contributed by atoms with Crippen molar-refractivity contribution in [3.63, 3.8) is 0 Å². The standard InChI is InChI=1S/C28H48N4O5S/c1-22-19-26(36-6)20-23(2)28(22)38(34,35)30(4)17-18-37-21-27(33)31(5)25-9-7-24(8-10-25)11-12-32-15-13-29(3)14-16-32/h19-20,24-25H,7-18,21H2,1-6H3. The second-order valence-electron chi connectivity index (χ2n) is 11.1. The molecule has 1 aliphatic carbocycles. The third-order valence-electron chi connectivity index (χ3n) is 8.32. The number of likely N-dealkylation sites (N-methyl/N-ethyl adjacent to an activating group) is 3. The van der Waals surface area contributed by atoms with Crippen LogP contribution in [0.5, 0.6) is 5.75 Å². The van der Waals surface area contributed by atoms with Crippen molar-refractivity contribution in [3.05, 3.63) is 23.3 Å². The second-order valence-corrected chi connectivity index (χ2v) is 13.1. The van der Waals surface area contributed by atoms with E-state index in [0.29, 0.717) is 16.9 Å². The van der Waals surface area contributed by atoms with Gasteiger partial charge in [0.05, 0.1) is 18.6 Å². The summed E-state index contributed by atoms with van der Waals surface area (Å²) in [4.78, 5) is 19.8. The van der Waals surface area contributed by atoms with Gasteiger partial charge in [0, 0.05) is 52.9 Å². The van der Waals surface area contributed by atoms with Gasteiger partial charge in [-0.15, -0.1) is 0 Å². The van der Waals surface area contributed by atoms with Crippen LogP contribution >= 0.6 is 0 Å². The molecule has 9 nitrogen and oxygen atoms in total. The number of carbonyl (C=O) groups excluding carboxylic acids is 1. The molecule has 1 aromatic rings. The van der Waals surface area contributed by atoms with Crippen molar-refractivity contribution in [2.75, 3.05) is 80.7 Å². The Kier molecular flexibility index (Phi) is 11.4. The Hall–Kier alpha value is -1.72. The fourth-order valence-corrected chi connectivity index (χ4v) is 7.18. The smallest absolute Gasteiger partial charge is 0.248 e. The van der Waals surface area contributed by atoms with E-state index >= 15 is 0 Å². The molecule has 10 heteroatoms. The quantitative estimate of drug-likeness (QED) is 0.369. The maximum Gasteiger partial charge on any atom is 0.248 e. The van der Waals surface area contributed by atoms with Gasteiger partial charge in [-0.25, -0.2) is 8.42 Å². The van der Waals surface area contributed by atoms with Crippen LogP contribution in [0, 0.1) is 19.8 Å². The minimum atomic E-state index is -3.68. The number of piperazine rings is 1. The number of hydrogen-bond acceptors (Lipinski definition) is 7. The highest BCUT2D eigenvalue weighted by molar-refractivity contribution is 7.89. The van der Waals surface area contributed by atoms with Crippen molar-refractivity contribution in [3.8, 4) is 5.75 Å². The van der Waals surface area contributed by atoms with Crippen LogP contribution in [-0.4, -0.2) is 120 Å². The number of hydrogen-bond donors (Lipinski definition) is 0. The van der Waals surface area contributed by atoms with Crippen molar-refractivity contribution in [1.82, 2.24) is 19.0 Å². The Morgan fingerprint density at radius 3 is 2.21 bits per heavy atom. The highest BCUT2D eigenvalue weighted by atomic mass is 32.2. The summed E-state index contributed by atoms with van der Waals surface area (Å²) in [7, 11) is 3.48. The van der Waals surface area contributed by atoms with E-state index in [2.05, 4.69) is 16.8 Å². The van der Waals surface area contributed by atoms with Gasteiger partial charge in [-0.05, 0) is 88.7 Å². The maximum atomic E-state index is 13.1. The van der Waals surface area contributed by atoms with Gasteiger partial charge in [0.15, 0.2) is 0 Å². The molecule has 0 spiro atoms. The molecule has 0 unspecified atom stereocenters. The van der Waals surface area contributed by atoms with E-state index in [1.165, 1.54) is 50.2 Å². The average Bonchev–Trinajstić information content (AvgIpc) is 2.89. The molecule has 216 valence electrons. The summed E-state index contributed by atoms with van der Waals surface area (Å²) in [5, 5.41) is 0. The predicted octanol–water partition coefficient (Wildman–Crippen LogP) is 2.60. The molecule has 0 N–H and O–H groups in total. The van der Waals surface area contributed by atoms with E-state index in [9.17, 15) is 13.2 Å². The van der Waals surface area contributed by atoms with E-state index in [1.807, 2.05) is 11.9 Å². The molecule has 2 aliphatic rings. The lowest BCUT2D eigenvalue weighted by molar-refractivity contribution is -0.137. The number of methoxy groups -OCH3 is 1. The van der Waals surface area contributed by atoms with Gasteiger partial charge < -0.3 is 24.2 Å². The highest BCUT2D eigenvalue weighted by Gasteiger charge is 2.28. The number of ether oxygens (including phenoxy) is 2. The predicted molar refractivity (Wildman–Crippen MR) is 150 cm³/mol. The summed E-state index contributed by atoms with van der Waals surface area (Å²) in [6, 6.07) is 3.70. The zero-order chi connectivity index (χ0) is 27.9. The van der Waals surface area contributed by atoms with Crippen LogP contribution in [-0.2, 0) is 19.6 Å². The van der Waals surface area contributed by atoms with Gasteiger partial charge in [-0.2, -0.15) is 4.31 Å². The fourth-order valence-electron chi connectivity index (χ4n) is 5.63. The molecule has 0 bridgehead atoms. The van der Waals surface area contributed by atoms with E-state index in [1.54, 1.807) is 33.1 Å². The third-order valence-corrected chi connectivity index (χ3v) is 10.5. The molecule has 38 heavy (non-hydrogen) atoms. The summed E-state index contributed by atoms with van der Waals surface area (Å²) < 4.78 is 38.4. The molecular formula is C28H48N4O5S. The molecule has 2 fully saturated rings. The molecule has 1 heterocycles. The Morgan fingerprint density at radius 2 is 1.63 bits per heavy atom. The highest BCUT2D eigenvalue weighted by Crippen LogP contribution is 2.30. The van der Waals surface area contributed by atoms with Crippen molar-refractivity contribution in [2.45, 2.75) is 56.9 Å². The van der Waals surface area contributed by atoms with Gasteiger partial charge in [0.25, 0.3) is 0 Å². The van der Waals surface area contributed by atoms with Crippen molar-refractivity contribution >= 4 is 15.9 Å². The van der Waals surface area contributed by atoms with E-state index < -0.39 is 10.0 Å². The van der Waals surface area contributed by atoms with Crippen molar-refractivity contribution < 1.29 is 22.7 Å². The molecule has 1 aromatic carbocycles. The van der Waals surface area contributed by atoms with Crippen LogP contribution < -0.4 is 4.74 Å². The number of nitrogens with zero attached hydrogens (tertiary/aromatic N) is 4. The number of aryl methyl sites for hydroxylation is 2. The largest absolute Gasteiger partial charge is 0.497 e. The normalized spacial score (nSPS) is 21.6. The summed E-state index contributed by atoms with van der Waals surface area (Å²) >= 11 is 0. The SMILES string of the molecule is COc1cc(C)c(S(=O)(=O)N(C)CCOCC(=O)N(C)C2CCC(CCN3CCN(C)CC3)CC2)c(C)c1. The van der Waals surface area contributed by atoms with Crippen LogP contribution in [0.25, 0.3) is 0 Å². The van der Waals surface area contributed by atoms with E-state index in [4.69, 9.17) is 9.47 Å². The minimum absolute atomic E-state index is 0.0334. The van der Waals surface area contributed by atoms with Gasteiger partial charge in [-0.3, -0.25) is 4.79 Å².